The SMILES string of the molecule is C=CCN(CC=C)S(=O)(=O)c1cc(N)c(C)cc1OC. The number of anilines is 1. The van der Waals surface area contributed by atoms with E-state index in [-0.39, 0.29) is 23.7 Å². The lowest BCUT2D eigenvalue weighted by atomic mass is 10.2. The maximum absolute atomic E-state index is 12.7. The standard InChI is InChI=1S/C14H20N2O3S/c1-5-7-16(8-6-2)20(17,18)14-10-12(15)11(3)9-13(14)19-4/h5-6,9-10H,1-2,7-8,15H2,3-4H3. The maximum Gasteiger partial charge on any atom is 0.247 e. The first-order valence-electron chi connectivity index (χ1n) is 6.04. The van der Waals surface area contributed by atoms with Gasteiger partial charge in [-0.15, -0.1) is 13.2 Å². The Labute approximate surface area is 120 Å². The summed E-state index contributed by atoms with van der Waals surface area (Å²) in [6.45, 7) is 9.30. The number of nitrogens with zero attached hydrogens (tertiary/aromatic N) is 1. The molecule has 0 saturated carbocycles. The third-order valence-electron chi connectivity index (χ3n) is 2.84. The molecule has 1 aromatic carbocycles. The van der Waals surface area contributed by atoms with E-state index in [1.54, 1.807) is 13.0 Å². The van der Waals surface area contributed by atoms with Gasteiger partial charge in [0.05, 0.1) is 7.11 Å². The summed E-state index contributed by atoms with van der Waals surface area (Å²) in [5, 5.41) is 0. The summed E-state index contributed by atoms with van der Waals surface area (Å²) in [7, 11) is -2.30. The van der Waals surface area contributed by atoms with Crippen molar-refractivity contribution in [3.05, 3.63) is 43.0 Å². The van der Waals surface area contributed by atoms with Gasteiger partial charge < -0.3 is 10.5 Å². The van der Waals surface area contributed by atoms with E-state index in [9.17, 15) is 8.42 Å². The fraction of sp³-hybridized carbons (Fsp3) is 0.286. The lowest BCUT2D eigenvalue weighted by Gasteiger charge is -2.21. The van der Waals surface area contributed by atoms with E-state index in [1.807, 2.05) is 0 Å². The van der Waals surface area contributed by atoms with Crippen LogP contribution in [0, 0.1) is 6.92 Å². The molecule has 6 heteroatoms. The molecular weight excluding hydrogens is 276 g/mol. The van der Waals surface area contributed by atoms with Gasteiger partial charge in [0.15, 0.2) is 0 Å². The van der Waals surface area contributed by atoms with E-state index in [1.165, 1.54) is 29.6 Å². The van der Waals surface area contributed by atoms with Gasteiger partial charge in [0.25, 0.3) is 0 Å². The van der Waals surface area contributed by atoms with Crippen molar-refractivity contribution < 1.29 is 13.2 Å². The van der Waals surface area contributed by atoms with Crippen molar-refractivity contribution in [1.29, 1.82) is 0 Å². The molecule has 0 atom stereocenters. The molecule has 0 fully saturated rings. The smallest absolute Gasteiger partial charge is 0.247 e. The molecule has 0 aliphatic heterocycles. The number of sulfonamides is 1. The van der Waals surface area contributed by atoms with Gasteiger partial charge in [-0.25, -0.2) is 8.42 Å². The molecule has 1 rings (SSSR count). The number of methoxy groups -OCH3 is 1. The highest BCUT2D eigenvalue weighted by atomic mass is 32.2. The second kappa shape index (κ2) is 6.58. The fourth-order valence-electron chi connectivity index (χ4n) is 1.74. The number of hydrogen-bond donors (Lipinski definition) is 1. The van der Waals surface area contributed by atoms with Crippen molar-refractivity contribution >= 4 is 15.7 Å². The average molecular weight is 296 g/mol. The summed E-state index contributed by atoms with van der Waals surface area (Å²) in [5.74, 6) is 0.273. The predicted octanol–water partition coefficient (Wildman–Crippen LogP) is 1.95. The van der Waals surface area contributed by atoms with Crippen LogP contribution in [0.15, 0.2) is 42.3 Å². The number of benzene rings is 1. The molecule has 0 aliphatic carbocycles. The van der Waals surface area contributed by atoms with Crippen molar-refractivity contribution in [3.63, 3.8) is 0 Å². The first kappa shape index (κ1) is 16.3. The van der Waals surface area contributed by atoms with Gasteiger partial charge in [0, 0.05) is 18.8 Å². The summed E-state index contributed by atoms with van der Waals surface area (Å²) in [5.41, 5.74) is 6.98. The lowest BCUT2D eigenvalue weighted by molar-refractivity contribution is 0.398. The molecule has 5 nitrogen and oxygen atoms in total. The van der Waals surface area contributed by atoms with Gasteiger partial charge in [-0.2, -0.15) is 4.31 Å². The number of nitrogens with two attached hydrogens (primary N) is 1. The fourth-order valence-corrected chi connectivity index (χ4v) is 3.29. The second-order valence-corrected chi connectivity index (χ2v) is 6.17. The second-order valence-electron chi connectivity index (χ2n) is 4.26. The van der Waals surface area contributed by atoms with Crippen LogP contribution in [-0.2, 0) is 10.0 Å². The Morgan fingerprint density at radius 2 is 1.85 bits per heavy atom. The minimum absolute atomic E-state index is 0.0480. The van der Waals surface area contributed by atoms with Crippen LogP contribution in [0.3, 0.4) is 0 Å². The van der Waals surface area contributed by atoms with Crippen LogP contribution in [0.2, 0.25) is 0 Å². The first-order chi connectivity index (χ1) is 9.38. The van der Waals surface area contributed by atoms with Gasteiger partial charge in [-0.05, 0) is 24.6 Å². The molecule has 0 aliphatic rings. The van der Waals surface area contributed by atoms with E-state index in [4.69, 9.17) is 10.5 Å². The van der Waals surface area contributed by atoms with E-state index >= 15 is 0 Å². The number of aryl methyl sites for hydroxylation is 1. The third kappa shape index (κ3) is 3.20. The number of hydrogen-bond acceptors (Lipinski definition) is 4. The van der Waals surface area contributed by atoms with Crippen molar-refractivity contribution in [3.8, 4) is 5.75 Å². The molecule has 20 heavy (non-hydrogen) atoms. The molecule has 0 bridgehead atoms. The predicted molar refractivity (Wildman–Crippen MR) is 81.3 cm³/mol. The molecule has 0 spiro atoms. The molecule has 1 aromatic rings. The molecule has 0 unspecified atom stereocenters. The van der Waals surface area contributed by atoms with Crippen LogP contribution >= 0.6 is 0 Å². The van der Waals surface area contributed by atoms with E-state index in [0.717, 1.165) is 5.56 Å². The van der Waals surface area contributed by atoms with Crippen molar-refractivity contribution in [1.82, 2.24) is 4.31 Å². The monoisotopic (exact) mass is 296 g/mol. The Kier molecular flexibility index (Phi) is 5.35. The molecule has 0 aromatic heterocycles. The minimum Gasteiger partial charge on any atom is -0.495 e. The summed E-state index contributed by atoms with van der Waals surface area (Å²) < 4.78 is 31.7. The Hall–Kier alpha value is -1.79. The van der Waals surface area contributed by atoms with Gasteiger partial charge in [0.2, 0.25) is 10.0 Å². The molecular formula is C14H20N2O3S. The Morgan fingerprint density at radius 3 is 2.30 bits per heavy atom. The Balaban J connectivity index is 3.43. The number of ether oxygens (including phenoxy) is 1. The normalized spacial score (nSPS) is 11.3. The van der Waals surface area contributed by atoms with Gasteiger partial charge >= 0.3 is 0 Å². The van der Waals surface area contributed by atoms with Crippen molar-refractivity contribution in [2.45, 2.75) is 11.8 Å². The lowest BCUT2D eigenvalue weighted by Crippen LogP contribution is -2.31. The highest BCUT2D eigenvalue weighted by molar-refractivity contribution is 7.89. The summed E-state index contributed by atoms with van der Waals surface area (Å²) in [6.07, 6.45) is 3.04. The molecule has 0 heterocycles. The van der Waals surface area contributed by atoms with Crippen LogP contribution in [-0.4, -0.2) is 32.9 Å². The zero-order chi connectivity index (χ0) is 15.3. The topological polar surface area (TPSA) is 72.6 Å². The Morgan fingerprint density at radius 1 is 1.30 bits per heavy atom. The van der Waals surface area contributed by atoms with Gasteiger partial charge in [-0.1, -0.05) is 12.2 Å². The minimum atomic E-state index is -3.72. The Bertz CT molecular complexity index is 599. The quantitative estimate of drug-likeness (QED) is 0.616. The first-order valence-corrected chi connectivity index (χ1v) is 7.48. The third-order valence-corrected chi connectivity index (χ3v) is 4.69. The van der Waals surface area contributed by atoms with Gasteiger partial charge in [-0.3, -0.25) is 0 Å². The largest absolute Gasteiger partial charge is 0.495 e. The number of nitrogen functional groups attached to an aromatic ring is 1. The maximum atomic E-state index is 12.7. The molecule has 110 valence electrons. The summed E-state index contributed by atoms with van der Waals surface area (Å²) >= 11 is 0. The van der Waals surface area contributed by atoms with Crippen LogP contribution in [0.1, 0.15) is 5.56 Å². The highest BCUT2D eigenvalue weighted by Gasteiger charge is 2.27. The molecule has 2 N–H and O–H groups in total. The average Bonchev–Trinajstić information content (AvgIpc) is 2.41. The van der Waals surface area contributed by atoms with Crippen LogP contribution in [0.4, 0.5) is 5.69 Å². The summed E-state index contributed by atoms with van der Waals surface area (Å²) in [4.78, 5) is 0.0480. The van der Waals surface area contributed by atoms with Gasteiger partial charge in [0.1, 0.15) is 10.6 Å². The highest BCUT2D eigenvalue weighted by Crippen LogP contribution is 2.31. The molecule has 0 saturated heterocycles. The van der Waals surface area contributed by atoms with E-state index < -0.39 is 10.0 Å². The van der Waals surface area contributed by atoms with Crippen LogP contribution in [0.5, 0.6) is 5.75 Å². The van der Waals surface area contributed by atoms with Crippen molar-refractivity contribution in [2.75, 3.05) is 25.9 Å². The molecule has 0 amide bonds. The number of rotatable bonds is 7. The van der Waals surface area contributed by atoms with Crippen molar-refractivity contribution in [2.24, 2.45) is 0 Å². The summed E-state index contributed by atoms with van der Waals surface area (Å²) in [6, 6.07) is 3.03. The van der Waals surface area contributed by atoms with E-state index in [2.05, 4.69) is 13.2 Å². The van der Waals surface area contributed by atoms with Crippen LogP contribution in [0.25, 0.3) is 0 Å². The van der Waals surface area contributed by atoms with E-state index in [0.29, 0.717) is 5.69 Å². The molecule has 0 radical (unpaired) electrons. The zero-order valence-electron chi connectivity index (χ0n) is 11.8. The van der Waals surface area contributed by atoms with Crippen LogP contribution < -0.4 is 10.5 Å². The zero-order valence-corrected chi connectivity index (χ0v) is 12.6.